The molecule has 0 aromatic carbocycles. The van der Waals surface area contributed by atoms with Gasteiger partial charge in [-0.05, 0) is 12.8 Å². The first-order valence-corrected chi connectivity index (χ1v) is 18.8. The summed E-state index contributed by atoms with van der Waals surface area (Å²) in [7, 11) is 0. The molecule has 1 fully saturated rings. The molecule has 1 heterocycles. The normalized spacial score (nSPS) is 23.7. The lowest BCUT2D eigenvalue weighted by molar-refractivity contribution is -0.303. The van der Waals surface area contributed by atoms with E-state index < -0.39 is 55.6 Å². The van der Waals surface area contributed by atoms with Crippen LogP contribution in [0.15, 0.2) is 0 Å². The molecule has 0 bridgehead atoms. The molecule has 1 rings (SSSR count). The highest BCUT2D eigenvalue weighted by atomic mass is 16.7. The fraction of sp³-hybridized carbons (Fsp3) is 0.972. The summed E-state index contributed by atoms with van der Waals surface area (Å²) >= 11 is 0. The van der Waals surface area contributed by atoms with Crippen molar-refractivity contribution in [1.82, 2.24) is 5.32 Å². The second-order valence-electron chi connectivity index (χ2n) is 13.5. The average molecular weight is 662 g/mol. The summed E-state index contributed by atoms with van der Waals surface area (Å²) in [5.74, 6) is -0.262. The highest BCUT2D eigenvalue weighted by Gasteiger charge is 2.44. The molecule has 0 radical (unpaired) electrons. The predicted molar refractivity (Wildman–Crippen MR) is 181 cm³/mol. The van der Waals surface area contributed by atoms with Crippen LogP contribution in [-0.2, 0) is 14.3 Å². The minimum Gasteiger partial charge on any atom is -0.394 e. The first-order valence-electron chi connectivity index (χ1n) is 18.8. The number of unbranched alkanes of at least 4 members (excludes halogenated alkanes) is 19. The third-order valence-electron chi connectivity index (χ3n) is 9.30. The average Bonchev–Trinajstić information content (AvgIpc) is 3.05. The number of rotatable bonds is 30. The summed E-state index contributed by atoms with van der Waals surface area (Å²) < 4.78 is 11.1. The second-order valence-corrected chi connectivity index (χ2v) is 13.5. The van der Waals surface area contributed by atoms with Crippen LogP contribution >= 0.6 is 0 Å². The van der Waals surface area contributed by atoms with E-state index in [1.54, 1.807) is 0 Å². The molecule has 6 unspecified atom stereocenters. The maximum Gasteiger partial charge on any atom is 0.220 e. The maximum absolute atomic E-state index is 12.8. The molecule has 0 spiro atoms. The maximum atomic E-state index is 12.8. The number of carbonyl (C=O) groups is 1. The van der Waals surface area contributed by atoms with E-state index in [1.165, 1.54) is 83.5 Å². The van der Waals surface area contributed by atoms with Crippen molar-refractivity contribution in [2.75, 3.05) is 13.2 Å². The summed E-state index contributed by atoms with van der Waals surface area (Å²) in [4.78, 5) is 12.8. The Balaban J connectivity index is 2.51. The molecule has 1 aliphatic heterocycles. The SMILES string of the molecule is CCCCCCCCCCCCCCC(O)[C@@H](O)[C@H](COC1OC(CO)C(O)C(O)C1O)NC(=O)CCCCCCCCCCC. The lowest BCUT2D eigenvalue weighted by Gasteiger charge is -2.40. The molecule has 0 saturated carbocycles. The van der Waals surface area contributed by atoms with Crippen LogP contribution in [0.4, 0.5) is 0 Å². The van der Waals surface area contributed by atoms with E-state index in [0.29, 0.717) is 6.42 Å². The summed E-state index contributed by atoms with van der Waals surface area (Å²) in [5.41, 5.74) is 0. The number of carbonyl (C=O) groups excluding carboxylic acids is 1. The molecule has 1 amide bonds. The fourth-order valence-corrected chi connectivity index (χ4v) is 6.14. The van der Waals surface area contributed by atoms with E-state index in [-0.39, 0.29) is 18.9 Å². The topological polar surface area (TPSA) is 169 Å². The van der Waals surface area contributed by atoms with Gasteiger partial charge >= 0.3 is 0 Å². The molecule has 1 aliphatic rings. The minimum atomic E-state index is -1.60. The van der Waals surface area contributed by atoms with Gasteiger partial charge in [0.05, 0.1) is 25.4 Å². The van der Waals surface area contributed by atoms with E-state index in [9.17, 15) is 35.4 Å². The van der Waals surface area contributed by atoms with Gasteiger partial charge in [0, 0.05) is 6.42 Å². The van der Waals surface area contributed by atoms with Crippen LogP contribution < -0.4 is 5.32 Å². The van der Waals surface area contributed by atoms with Gasteiger partial charge in [-0.1, -0.05) is 142 Å². The van der Waals surface area contributed by atoms with Crippen LogP contribution in [0.5, 0.6) is 0 Å². The van der Waals surface area contributed by atoms with E-state index in [0.717, 1.165) is 51.4 Å². The molecule has 274 valence electrons. The Morgan fingerprint density at radius 1 is 0.674 bits per heavy atom. The fourth-order valence-electron chi connectivity index (χ4n) is 6.14. The van der Waals surface area contributed by atoms with Crippen LogP contribution in [0, 0.1) is 0 Å². The number of nitrogens with one attached hydrogen (secondary N) is 1. The molecule has 8 atom stereocenters. The number of ether oxygens (including phenoxy) is 2. The lowest BCUT2D eigenvalue weighted by atomic mass is 9.98. The molecule has 10 nitrogen and oxygen atoms in total. The highest BCUT2D eigenvalue weighted by Crippen LogP contribution is 2.23. The minimum absolute atomic E-state index is 0.262. The van der Waals surface area contributed by atoms with Crippen molar-refractivity contribution < 1.29 is 44.9 Å². The van der Waals surface area contributed by atoms with Crippen molar-refractivity contribution in [2.45, 2.75) is 210 Å². The number of hydrogen-bond acceptors (Lipinski definition) is 9. The third kappa shape index (κ3) is 19.2. The van der Waals surface area contributed by atoms with Gasteiger partial charge in [-0.15, -0.1) is 0 Å². The summed E-state index contributed by atoms with van der Waals surface area (Å²) in [6.07, 6.45) is 15.5. The van der Waals surface area contributed by atoms with Crippen LogP contribution in [0.25, 0.3) is 0 Å². The van der Waals surface area contributed by atoms with E-state index in [2.05, 4.69) is 19.2 Å². The monoisotopic (exact) mass is 662 g/mol. The Bertz CT molecular complexity index is 713. The smallest absolute Gasteiger partial charge is 0.220 e. The van der Waals surface area contributed by atoms with Gasteiger partial charge in [0.15, 0.2) is 6.29 Å². The van der Waals surface area contributed by atoms with E-state index in [4.69, 9.17) is 9.47 Å². The summed E-state index contributed by atoms with van der Waals surface area (Å²) in [6, 6.07) is -0.981. The Hall–Kier alpha value is -0.850. The number of hydrogen-bond donors (Lipinski definition) is 7. The second kappa shape index (κ2) is 28.0. The van der Waals surface area contributed by atoms with Crippen LogP contribution in [0.3, 0.4) is 0 Å². The Labute approximate surface area is 279 Å². The third-order valence-corrected chi connectivity index (χ3v) is 9.30. The van der Waals surface area contributed by atoms with Crippen LogP contribution in [0.1, 0.15) is 162 Å². The summed E-state index contributed by atoms with van der Waals surface area (Å²) in [5, 5.41) is 64.6. The first-order chi connectivity index (χ1) is 22.3. The van der Waals surface area contributed by atoms with Gasteiger partial charge in [-0.25, -0.2) is 0 Å². The van der Waals surface area contributed by atoms with E-state index in [1.807, 2.05) is 0 Å². The molecule has 46 heavy (non-hydrogen) atoms. The molecular weight excluding hydrogens is 590 g/mol. The van der Waals surface area contributed by atoms with Gasteiger partial charge in [-0.2, -0.15) is 0 Å². The predicted octanol–water partition coefficient (Wildman–Crippen LogP) is 5.02. The Kier molecular flexibility index (Phi) is 26.3. The molecule has 0 aliphatic carbocycles. The summed E-state index contributed by atoms with van der Waals surface area (Å²) in [6.45, 7) is 3.54. The molecule has 0 aromatic rings. The zero-order valence-electron chi connectivity index (χ0n) is 29.2. The molecule has 10 heteroatoms. The van der Waals surface area contributed by atoms with Crippen LogP contribution in [0.2, 0.25) is 0 Å². The Morgan fingerprint density at radius 2 is 1.13 bits per heavy atom. The number of aliphatic hydroxyl groups excluding tert-OH is 6. The van der Waals surface area contributed by atoms with Crippen molar-refractivity contribution in [2.24, 2.45) is 0 Å². The van der Waals surface area contributed by atoms with Crippen molar-refractivity contribution in [1.29, 1.82) is 0 Å². The zero-order valence-corrected chi connectivity index (χ0v) is 29.2. The van der Waals surface area contributed by atoms with Gasteiger partial charge in [0.1, 0.15) is 30.5 Å². The quantitative estimate of drug-likeness (QED) is 0.0523. The largest absolute Gasteiger partial charge is 0.394 e. The molecule has 0 aromatic heterocycles. The first kappa shape index (κ1) is 43.2. The van der Waals surface area contributed by atoms with Gasteiger partial charge in [0.25, 0.3) is 0 Å². The molecule has 1 saturated heterocycles. The standard InChI is InChI=1S/C36H71NO9/c1-3-5-7-9-11-13-14-15-17-18-20-22-24-29(39)32(41)28(27-45-36-35(44)34(43)33(42)30(26-38)46-36)37-31(40)25-23-21-19-16-12-10-8-6-4-2/h28-30,32-36,38-39,41-44H,3-27H2,1-2H3,(H,37,40)/t28-,29?,30?,32-,33?,34?,35?,36?/m0/s1. The zero-order chi connectivity index (χ0) is 34.0. The van der Waals surface area contributed by atoms with Gasteiger partial charge in [-0.3, -0.25) is 4.79 Å². The molecular formula is C36H71NO9. The van der Waals surface area contributed by atoms with Crippen LogP contribution in [-0.4, -0.2) is 98.7 Å². The van der Waals surface area contributed by atoms with Gasteiger partial charge in [0.2, 0.25) is 5.91 Å². The Morgan fingerprint density at radius 3 is 1.61 bits per heavy atom. The highest BCUT2D eigenvalue weighted by molar-refractivity contribution is 5.76. The lowest BCUT2D eigenvalue weighted by Crippen LogP contribution is -2.60. The van der Waals surface area contributed by atoms with Crippen molar-refractivity contribution in [3.8, 4) is 0 Å². The molecule has 7 N–H and O–H groups in total. The van der Waals surface area contributed by atoms with Gasteiger partial charge < -0.3 is 45.4 Å². The number of amides is 1. The van der Waals surface area contributed by atoms with Crippen molar-refractivity contribution in [3.63, 3.8) is 0 Å². The van der Waals surface area contributed by atoms with Crippen molar-refractivity contribution >= 4 is 5.91 Å². The van der Waals surface area contributed by atoms with E-state index >= 15 is 0 Å². The van der Waals surface area contributed by atoms with Crippen molar-refractivity contribution in [3.05, 3.63) is 0 Å². The number of aliphatic hydroxyl groups is 6.